The van der Waals surface area contributed by atoms with E-state index in [1.54, 1.807) is 11.0 Å². The van der Waals surface area contributed by atoms with Crippen LogP contribution in [0.15, 0.2) is 12.7 Å². The van der Waals surface area contributed by atoms with Crippen molar-refractivity contribution in [3.05, 3.63) is 12.7 Å². The van der Waals surface area contributed by atoms with Crippen LogP contribution in [0.25, 0.3) is 0 Å². The Morgan fingerprint density at radius 1 is 1.65 bits per heavy atom. The highest BCUT2D eigenvalue weighted by atomic mass is 16.6. The van der Waals surface area contributed by atoms with E-state index in [4.69, 9.17) is 4.74 Å². The standard InChI is InChI=1S/C11H21N3O3/c1-2-9-17-10(15)3-4-12-5-7-14-8-6-13-11(14)16/h2,10,12,15H,1,3-9H2,(H,13,16). The number of hydrogen-bond acceptors (Lipinski definition) is 4. The fraction of sp³-hybridized carbons (Fsp3) is 0.727. The molecule has 0 saturated carbocycles. The molecular weight excluding hydrogens is 222 g/mol. The summed E-state index contributed by atoms with van der Waals surface area (Å²) in [5, 5.41) is 15.2. The maximum atomic E-state index is 11.2. The summed E-state index contributed by atoms with van der Waals surface area (Å²) in [6.07, 6.45) is 1.37. The molecule has 0 aromatic heterocycles. The molecule has 2 amide bonds. The van der Waals surface area contributed by atoms with Crippen LogP contribution in [0.4, 0.5) is 4.79 Å². The lowest BCUT2D eigenvalue weighted by Crippen LogP contribution is -2.35. The molecular formula is C11H21N3O3. The van der Waals surface area contributed by atoms with Gasteiger partial charge in [0.05, 0.1) is 6.61 Å². The number of nitrogens with one attached hydrogen (secondary N) is 2. The van der Waals surface area contributed by atoms with Crippen molar-refractivity contribution in [2.75, 3.05) is 39.3 Å². The summed E-state index contributed by atoms with van der Waals surface area (Å²) in [6.45, 7) is 7.43. The van der Waals surface area contributed by atoms with Crippen molar-refractivity contribution in [1.82, 2.24) is 15.5 Å². The molecule has 98 valence electrons. The Labute approximate surface area is 102 Å². The zero-order valence-electron chi connectivity index (χ0n) is 10.0. The number of nitrogens with zero attached hydrogens (tertiary/aromatic N) is 1. The van der Waals surface area contributed by atoms with Gasteiger partial charge in [-0.15, -0.1) is 6.58 Å². The summed E-state index contributed by atoms with van der Waals surface area (Å²) in [5.41, 5.74) is 0. The normalized spacial score (nSPS) is 17.0. The van der Waals surface area contributed by atoms with E-state index in [2.05, 4.69) is 17.2 Å². The highest BCUT2D eigenvalue weighted by Gasteiger charge is 2.17. The minimum atomic E-state index is -0.754. The lowest BCUT2D eigenvalue weighted by molar-refractivity contribution is -0.0919. The third-order valence-electron chi connectivity index (χ3n) is 2.48. The Morgan fingerprint density at radius 2 is 2.47 bits per heavy atom. The molecule has 17 heavy (non-hydrogen) atoms. The molecule has 6 heteroatoms. The van der Waals surface area contributed by atoms with E-state index in [1.807, 2.05) is 0 Å². The largest absolute Gasteiger partial charge is 0.368 e. The number of aliphatic hydroxyl groups is 1. The van der Waals surface area contributed by atoms with Crippen molar-refractivity contribution in [2.45, 2.75) is 12.7 Å². The monoisotopic (exact) mass is 243 g/mol. The van der Waals surface area contributed by atoms with Gasteiger partial charge in [-0.3, -0.25) is 0 Å². The van der Waals surface area contributed by atoms with Crippen LogP contribution in [0.1, 0.15) is 6.42 Å². The molecule has 1 atom stereocenters. The van der Waals surface area contributed by atoms with Crippen molar-refractivity contribution in [3.63, 3.8) is 0 Å². The topological polar surface area (TPSA) is 73.8 Å². The van der Waals surface area contributed by atoms with Crippen LogP contribution < -0.4 is 10.6 Å². The van der Waals surface area contributed by atoms with Gasteiger partial charge in [0.15, 0.2) is 6.29 Å². The molecule has 6 nitrogen and oxygen atoms in total. The first-order valence-electron chi connectivity index (χ1n) is 5.88. The lowest BCUT2D eigenvalue weighted by atomic mass is 10.4. The average Bonchev–Trinajstić information content (AvgIpc) is 2.72. The maximum Gasteiger partial charge on any atom is 0.317 e. The van der Waals surface area contributed by atoms with Gasteiger partial charge in [-0.05, 0) is 0 Å². The molecule has 1 aliphatic rings. The first kappa shape index (κ1) is 14.0. The third-order valence-corrected chi connectivity index (χ3v) is 2.48. The molecule has 1 aliphatic heterocycles. The number of rotatable bonds is 9. The van der Waals surface area contributed by atoms with Crippen molar-refractivity contribution in [3.8, 4) is 0 Å². The SMILES string of the molecule is C=CCOC(O)CCNCCN1CCNC1=O. The van der Waals surface area contributed by atoms with Gasteiger partial charge < -0.3 is 25.4 Å². The molecule has 1 heterocycles. The number of urea groups is 1. The van der Waals surface area contributed by atoms with Crippen LogP contribution in [0.2, 0.25) is 0 Å². The first-order chi connectivity index (χ1) is 8.24. The fourth-order valence-corrected chi connectivity index (χ4v) is 1.55. The van der Waals surface area contributed by atoms with Crippen LogP contribution in [-0.4, -0.2) is 61.7 Å². The molecule has 3 N–H and O–H groups in total. The minimum Gasteiger partial charge on any atom is -0.368 e. The van der Waals surface area contributed by atoms with E-state index < -0.39 is 6.29 Å². The Hall–Kier alpha value is -1.11. The zero-order chi connectivity index (χ0) is 12.5. The summed E-state index contributed by atoms with van der Waals surface area (Å²) in [6, 6.07) is 0.00107. The van der Waals surface area contributed by atoms with Crippen LogP contribution in [0.5, 0.6) is 0 Å². The van der Waals surface area contributed by atoms with Crippen molar-refractivity contribution >= 4 is 6.03 Å². The summed E-state index contributed by atoms with van der Waals surface area (Å²) in [4.78, 5) is 12.9. The minimum absolute atomic E-state index is 0.00107. The van der Waals surface area contributed by atoms with E-state index in [1.165, 1.54) is 0 Å². The lowest BCUT2D eigenvalue weighted by Gasteiger charge is -2.15. The Kier molecular flexibility index (Phi) is 6.61. The molecule has 0 spiro atoms. The highest BCUT2D eigenvalue weighted by molar-refractivity contribution is 5.76. The van der Waals surface area contributed by atoms with Crippen LogP contribution in [-0.2, 0) is 4.74 Å². The Bertz CT molecular complexity index is 248. The van der Waals surface area contributed by atoms with Gasteiger partial charge in [-0.25, -0.2) is 4.79 Å². The number of carbonyl (C=O) groups is 1. The van der Waals surface area contributed by atoms with Gasteiger partial charge in [0.25, 0.3) is 0 Å². The fourth-order valence-electron chi connectivity index (χ4n) is 1.55. The van der Waals surface area contributed by atoms with Crippen LogP contribution in [0.3, 0.4) is 0 Å². The predicted octanol–water partition coefficient (Wildman–Crippen LogP) is -0.488. The third kappa shape index (κ3) is 5.67. The number of carbonyl (C=O) groups excluding carboxylic acids is 1. The van der Waals surface area contributed by atoms with E-state index in [0.717, 1.165) is 19.6 Å². The van der Waals surface area contributed by atoms with Gasteiger partial charge in [-0.2, -0.15) is 0 Å². The highest BCUT2D eigenvalue weighted by Crippen LogP contribution is 1.95. The predicted molar refractivity (Wildman–Crippen MR) is 64.6 cm³/mol. The average molecular weight is 243 g/mol. The molecule has 1 saturated heterocycles. The molecule has 0 aromatic rings. The van der Waals surface area contributed by atoms with Gasteiger partial charge in [0.1, 0.15) is 0 Å². The van der Waals surface area contributed by atoms with Gasteiger partial charge in [-0.1, -0.05) is 6.08 Å². The smallest absolute Gasteiger partial charge is 0.317 e. The Balaban J connectivity index is 1.93. The van der Waals surface area contributed by atoms with Crippen molar-refractivity contribution in [2.24, 2.45) is 0 Å². The van der Waals surface area contributed by atoms with Crippen molar-refractivity contribution < 1.29 is 14.6 Å². The van der Waals surface area contributed by atoms with Crippen LogP contribution in [0, 0.1) is 0 Å². The van der Waals surface area contributed by atoms with E-state index >= 15 is 0 Å². The molecule has 1 fully saturated rings. The molecule has 1 unspecified atom stereocenters. The summed E-state index contributed by atoms with van der Waals surface area (Å²) in [5.74, 6) is 0. The van der Waals surface area contributed by atoms with E-state index in [-0.39, 0.29) is 6.03 Å². The molecule has 0 aliphatic carbocycles. The second kappa shape index (κ2) is 8.05. The van der Waals surface area contributed by atoms with Crippen molar-refractivity contribution in [1.29, 1.82) is 0 Å². The van der Waals surface area contributed by atoms with Gasteiger partial charge in [0, 0.05) is 39.1 Å². The summed E-state index contributed by atoms with van der Waals surface area (Å²) in [7, 11) is 0. The quantitative estimate of drug-likeness (QED) is 0.290. The molecule has 0 aromatic carbocycles. The molecule has 0 radical (unpaired) electrons. The second-order valence-corrected chi connectivity index (χ2v) is 3.83. The zero-order valence-corrected chi connectivity index (χ0v) is 10.0. The molecule has 0 bridgehead atoms. The number of ether oxygens (including phenoxy) is 1. The Morgan fingerprint density at radius 3 is 3.12 bits per heavy atom. The van der Waals surface area contributed by atoms with E-state index in [0.29, 0.717) is 26.1 Å². The number of aliphatic hydroxyl groups excluding tert-OH is 1. The van der Waals surface area contributed by atoms with E-state index in [9.17, 15) is 9.90 Å². The summed E-state index contributed by atoms with van der Waals surface area (Å²) >= 11 is 0. The van der Waals surface area contributed by atoms with Crippen LogP contribution >= 0.6 is 0 Å². The summed E-state index contributed by atoms with van der Waals surface area (Å²) < 4.78 is 5.01. The van der Waals surface area contributed by atoms with Gasteiger partial charge >= 0.3 is 6.03 Å². The first-order valence-corrected chi connectivity index (χ1v) is 5.88. The second-order valence-electron chi connectivity index (χ2n) is 3.83. The molecule has 1 rings (SSSR count). The maximum absolute atomic E-state index is 11.2. The number of hydrogen-bond donors (Lipinski definition) is 3. The number of amides is 2. The van der Waals surface area contributed by atoms with Gasteiger partial charge in [0.2, 0.25) is 0 Å².